The third kappa shape index (κ3) is 8.67. The fourth-order valence-electron chi connectivity index (χ4n) is 5.13. The first kappa shape index (κ1) is 26.7. The van der Waals surface area contributed by atoms with Gasteiger partial charge in [0.05, 0.1) is 29.8 Å². The highest BCUT2D eigenvalue weighted by molar-refractivity contribution is 6.20. The molecule has 3 aliphatic heterocycles. The van der Waals surface area contributed by atoms with E-state index in [0.717, 1.165) is 63.9 Å². The van der Waals surface area contributed by atoms with E-state index in [2.05, 4.69) is 34.0 Å². The van der Waals surface area contributed by atoms with Gasteiger partial charge in [0.1, 0.15) is 5.92 Å². The first-order valence-electron chi connectivity index (χ1n) is 12.9. The molecule has 0 radical (unpaired) electrons. The highest BCUT2D eigenvalue weighted by atomic mass is 35.5. The fraction of sp³-hybridized carbons (Fsp3) is 0.875. The van der Waals surface area contributed by atoms with Crippen LogP contribution in [0.25, 0.3) is 0 Å². The Morgan fingerprint density at radius 1 is 1.18 bits per heavy atom. The maximum absolute atomic E-state index is 13.5. The molecule has 2 fully saturated rings. The summed E-state index contributed by atoms with van der Waals surface area (Å²) in [6.07, 6.45) is 11.2. The molecule has 0 aromatic carbocycles. The first-order chi connectivity index (χ1) is 15.9. The minimum absolute atomic E-state index is 0.00758. The second-order valence-electron chi connectivity index (χ2n) is 9.99. The van der Waals surface area contributed by atoms with E-state index >= 15 is 0 Å². The SMILES string of the molecule is CN1CCC(OC2CCNCC2NC(=O)C(/C2=C/CCCCCCCC(Cl)CN2)C(N)N)C1. The average molecular weight is 485 g/mol. The molecule has 7 N–H and O–H groups in total. The van der Waals surface area contributed by atoms with Gasteiger partial charge in [-0.25, -0.2) is 0 Å². The molecule has 0 saturated carbocycles. The number of piperidine rings is 1. The summed E-state index contributed by atoms with van der Waals surface area (Å²) in [5.74, 6) is -0.787. The smallest absolute Gasteiger partial charge is 0.232 e. The number of carbonyl (C=O) groups is 1. The van der Waals surface area contributed by atoms with E-state index in [-0.39, 0.29) is 29.5 Å². The van der Waals surface area contributed by atoms with Crippen LogP contribution in [0, 0.1) is 5.92 Å². The minimum Gasteiger partial charge on any atom is -0.386 e. The van der Waals surface area contributed by atoms with E-state index in [1.54, 1.807) is 0 Å². The largest absolute Gasteiger partial charge is 0.386 e. The lowest BCUT2D eigenvalue weighted by Crippen LogP contribution is -2.59. The summed E-state index contributed by atoms with van der Waals surface area (Å²) >= 11 is 6.53. The van der Waals surface area contributed by atoms with Gasteiger partial charge in [0.2, 0.25) is 5.91 Å². The molecule has 33 heavy (non-hydrogen) atoms. The minimum atomic E-state index is -0.801. The molecule has 8 nitrogen and oxygen atoms in total. The van der Waals surface area contributed by atoms with Crippen LogP contribution in [0.4, 0.5) is 0 Å². The van der Waals surface area contributed by atoms with Crippen molar-refractivity contribution in [2.75, 3.05) is 39.8 Å². The van der Waals surface area contributed by atoms with Crippen LogP contribution < -0.4 is 27.4 Å². The quantitative estimate of drug-likeness (QED) is 0.284. The number of ether oxygens (including phenoxy) is 1. The van der Waals surface area contributed by atoms with E-state index in [1.165, 1.54) is 19.3 Å². The van der Waals surface area contributed by atoms with Gasteiger partial charge >= 0.3 is 0 Å². The van der Waals surface area contributed by atoms with Crippen molar-refractivity contribution < 1.29 is 9.53 Å². The lowest BCUT2D eigenvalue weighted by Gasteiger charge is -2.36. The molecule has 190 valence electrons. The molecule has 2 saturated heterocycles. The molecule has 3 aliphatic rings. The normalized spacial score (nSPS) is 33.3. The zero-order valence-corrected chi connectivity index (χ0v) is 21.0. The number of nitrogens with two attached hydrogens (primary N) is 2. The number of nitrogens with zero attached hydrogens (tertiary/aromatic N) is 1. The van der Waals surface area contributed by atoms with Gasteiger partial charge in [0.15, 0.2) is 0 Å². The van der Waals surface area contributed by atoms with Crippen LogP contribution in [0.5, 0.6) is 0 Å². The third-order valence-electron chi connectivity index (χ3n) is 7.08. The molecule has 1 amide bonds. The summed E-state index contributed by atoms with van der Waals surface area (Å²) in [6.45, 7) is 4.18. The van der Waals surface area contributed by atoms with Crippen molar-refractivity contribution in [3.05, 3.63) is 11.8 Å². The number of carbonyl (C=O) groups excluding carboxylic acids is 1. The zero-order chi connectivity index (χ0) is 23.6. The standard InChI is InChI=1S/C24H45ClN6O2/c1-31-13-11-18(16-31)33-21-10-12-28-15-20(21)30-24(32)22(23(26)27)19-9-7-5-3-2-4-6-8-17(25)14-29-19/h9,17-18,20-23,28-29H,2-8,10-16,26-27H2,1H3,(H,30,32)/b19-9-. The molecule has 0 aromatic rings. The fourth-order valence-corrected chi connectivity index (χ4v) is 5.36. The predicted octanol–water partition coefficient (Wildman–Crippen LogP) is 1.24. The number of allylic oxidation sites excluding steroid dienone is 1. The molecule has 9 heteroatoms. The molecule has 5 atom stereocenters. The third-order valence-corrected chi connectivity index (χ3v) is 7.45. The van der Waals surface area contributed by atoms with Gasteiger partial charge in [-0.05, 0) is 45.7 Å². The van der Waals surface area contributed by atoms with Gasteiger partial charge in [0, 0.05) is 31.9 Å². The Morgan fingerprint density at radius 2 is 1.97 bits per heavy atom. The van der Waals surface area contributed by atoms with Crippen molar-refractivity contribution >= 4 is 17.5 Å². The molecule has 3 heterocycles. The second-order valence-corrected chi connectivity index (χ2v) is 10.6. The van der Waals surface area contributed by atoms with Gasteiger partial charge in [-0.3, -0.25) is 4.79 Å². The van der Waals surface area contributed by atoms with Crippen molar-refractivity contribution in [2.45, 2.75) is 87.6 Å². The predicted molar refractivity (Wildman–Crippen MR) is 134 cm³/mol. The van der Waals surface area contributed by atoms with E-state index in [1.807, 2.05) is 0 Å². The van der Waals surface area contributed by atoms with Gasteiger partial charge in [-0.2, -0.15) is 0 Å². The van der Waals surface area contributed by atoms with Crippen LogP contribution in [-0.2, 0) is 9.53 Å². The molecule has 0 bridgehead atoms. The molecular weight excluding hydrogens is 440 g/mol. The van der Waals surface area contributed by atoms with Crippen molar-refractivity contribution in [1.82, 2.24) is 20.9 Å². The van der Waals surface area contributed by atoms with Crippen LogP contribution in [0.15, 0.2) is 11.8 Å². The van der Waals surface area contributed by atoms with Gasteiger partial charge in [-0.1, -0.05) is 31.8 Å². The van der Waals surface area contributed by atoms with Crippen LogP contribution in [0.1, 0.15) is 57.8 Å². The Bertz CT molecular complexity index is 634. The maximum atomic E-state index is 13.5. The molecule has 0 spiro atoms. The lowest BCUT2D eigenvalue weighted by atomic mass is 9.96. The Hall–Kier alpha value is -0.900. The number of hydrogen-bond acceptors (Lipinski definition) is 7. The zero-order valence-electron chi connectivity index (χ0n) is 20.2. The number of likely N-dealkylation sites (tertiary alicyclic amines) is 1. The number of nitrogens with one attached hydrogen (secondary N) is 3. The number of hydrogen-bond donors (Lipinski definition) is 5. The monoisotopic (exact) mass is 484 g/mol. The molecule has 5 unspecified atom stereocenters. The Kier molecular flexibility index (Phi) is 11.2. The lowest BCUT2D eigenvalue weighted by molar-refractivity contribution is -0.127. The number of likely N-dealkylation sites (N-methyl/N-ethyl adjacent to an activating group) is 1. The van der Waals surface area contributed by atoms with Crippen molar-refractivity contribution in [3.8, 4) is 0 Å². The number of amides is 1. The summed E-state index contributed by atoms with van der Waals surface area (Å²) in [5.41, 5.74) is 13.1. The number of alkyl halides is 1. The van der Waals surface area contributed by atoms with Crippen molar-refractivity contribution in [3.63, 3.8) is 0 Å². The van der Waals surface area contributed by atoms with Gasteiger partial charge < -0.3 is 37.1 Å². The van der Waals surface area contributed by atoms with Crippen LogP contribution in [0.3, 0.4) is 0 Å². The van der Waals surface area contributed by atoms with Crippen molar-refractivity contribution in [2.24, 2.45) is 17.4 Å². The van der Waals surface area contributed by atoms with E-state index in [9.17, 15) is 4.79 Å². The number of rotatable bonds is 6. The summed E-state index contributed by atoms with van der Waals surface area (Å²) in [4.78, 5) is 15.8. The van der Waals surface area contributed by atoms with E-state index in [0.29, 0.717) is 13.1 Å². The second kappa shape index (κ2) is 13.9. The van der Waals surface area contributed by atoms with Crippen LogP contribution in [-0.4, -0.2) is 80.4 Å². The van der Waals surface area contributed by atoms with E-state index in [4.69, 9.17) is 27.8 Å². The summed E-state index contributed by atoms with van der Waals surface area (Å²) in [5, 5.41) is 10.0. The first-order valence-corrected chi connectivity index (χ1v) is 13.3. The van der Waals surface area contributed by atoms with E-state index < -0.39 is 12.1 Å². The summed E-state index contributed by atoms with van der Waals surface area (Å²) in [7, 11) is 2.12. The van der Waals surface area contributed by atoms with Crippen LogP contribution in [0.2, 0.25) is 0 Å². The molecule has 0 aromatic heterocycles. The van der Waals surface area contributed by atoms with Crippen LogP contribution >= 0.6 is 11.6 Å². The topological polar surface area (TPSA) is 118 Å². The average Bonchev–Trinajstić information content (AvgIpc) is 3.18. The summed E-state index contributed by atoms with van der Waals surface area (Å²) in [6, 6.07) is -0.106. The Balaban J connectivity index is 1.66. The Labute approximate surface area is 204 Å². The summed E-state index contributed by atoms with van der Waals surface area (Å²) < 4.78 is 6.42. The number of halogens is 1. The highest BCUT2D eigenvalue weighted by Gasteiger charge is 2.35. The maximum Gasteiger partial charge on any atom is 0.232 e. The van der Waals surface area contributed by atoms with Gasteiger partial charge in [0.25, 0.3) is 0 Å². The highest BCUT2D eigenvalue weighted by Crippen LogP contribution is 2.20. The Morgan fingerprint density at radius 3 is 2.73 bits per heavy atom. The molecule has 3 rings (SSSR count). The van der Waals surface area contributed by atoms with Gasteiger partial charge in [-0.15, -0.1) is 11.6 Å². The molecule has 0 aliphatic carbocycles. The molecular formula is C24H45ClN6O2. The van der Waals surface area contributed by atoms with Crippen molar-refractivity contribution in [1.29, 1.82) is 0 Å².